The first-order chi connectivity index (χ1) is 34.2. The van der Waals surface area contributed by atoms with E-state index in [1.807, 2.05) is 36.4 Å². The number of carbonyl (C=O) groups excluding carboxylic acids is 5. The summed E-state index contributed by atoms with van der Waals surface area (Å²) in [5.74, 6) is -2.76. The molecule has 3 amide bonds. The molecule has 72 heavy (non-hydrogen) atoms. The molecule has 3 N–H and O–H groups in total. The number of carboxylic acids is 1. The van der Waals surface area contributed by atoms with E-state index < -0.39 is 59.8 Å². The molecule has 16 heteroatoms. The Morgan fingerprint density at radius 2 is 0.958 bits per heavy atom. The predicted octanol–water partition coefficient (Wildman–Crippen LogP) is 9.81. The second-order valence-corrected chi connectivity index (χ2v) is 21.3. The van der Waals surface area contributed by atoms with Crippen molar-refractivity contribution in [3.8, 4) is 0 Å². The van der Waals surface area contributed by atoms with Gasteiger partial charge in [0, 0.05) is 39.3 Å². The Kier molecular flexibility index (Phi) is 27.8. The fourth-order valence-electron chi connectivity index (χ4n) is 8.76. The van der Waals surface area contributed by atoms with Gasteiger partial charge in [-0.3, -0.25) is 24.2 Å². The van der Waals surface area contributed by atoms with Gasteiger partial charge >= 0.3 is 30.1 Å². The zero-order valence-electron chi connectivity index (χ0n) is 44.9. The summed E-state index contributed by atoms with van der Waals surface area (Å²) in [4.78, 5) is 77.1. The number of piperidine rings is 2. The zero-order chi connectivity index (χ0) is 52.9. The summed E-state index contributed by atoms with van der Waals surface area (Å²) in [7, 11) is 2.76. The van der Waals surface area contributed by atoms with Gasteiger partial charge in [-0.15, -0.1) is 0 Å². The maximum absolute atomic E-state index is 13.1. The Balaban J connectivity index is 0.000000282. The van der Waals surface area contributed by atoms with Crippen molar-refractivity contribution < 1.29 is 52.8 Å². The number of likely N-dealkylation sites (tertiary alicyclic amines) is 1. The van der Waals surface area contributed by atoms with Crippen LogP contribution in [0.25, 0.3) is 0 Å². The molecule has 0 radical (unpaired) electrons. The van der Waals surface area contributed by atoms with Crippen LogP contribution < -0.4 is 10.6 Å². The SMILES string of the molecule is C1CCC(NC2CCCCC2)CC1.C1CCNCC1.CN(C(=O)OCc1ccccc1)[C@@H](CC(=O)OC(C)(C)C)C(=O)N1CCCCC1.CN(C(=O)OCc1ccccc1)[C@@H](CC(=O)OC(C)(C)C)C(=O)O. The normalized spacial score (nSPS) is 17.2. The quantitative estimate of drug-likeness (QED) is 0.120. The summed E-state index contributed by atoms with van der Waals surface area (Å²) in [6.07, 6.45) is 19.6. The number of aliphatic carboxylic acids is 1. The molecular formula is C56H89N5O11. The average molecular weight is 1010 g/mol. The smallest absolute Gasteiger partial charge is 0.410 e. The number of nitrogens with zero attached hydrogens (tertiary/aromatic N) is 3. The third kappa shape index (κ3) is 25.9. The van der Waals surface area contributed by atoms with Crippen molar-refractivity contribution in [1.29, 1.82) is 0 Å². The van der Waals surface area contributed by atoms with E-state index in [-0.39, 0.29) is 25.5 Å². The second-order valence-electron chi connectivity index (χ2n) is 21.3. The molecule has 6 rings (SSSR count). The number of hydrogen-bond acceptors (Lipinski definition) is 12. The lowest BCUT2D eigenvalue weighted by Crippen LogP contribution is -2.52. The molecule has 0 spiro atoms. The molecule has 0 bridgehead atoms. The van der Waals surface area contributed by atoms with Crippen LogP contribution in [0.5, 0.6) is 0 Å². The number of likely N-dealkylation sites (N-methyl/N-ethyl adjacent to an activating group) is 2. The van der Waals surface area contributed by atoms with Crippen LogP contribution in [-0.2, 0) is 51.3 Å². The van der Waals surface area contributed by atoms with Crippen LogP contribution in [0.1, 0.15) is 168 Å². The Bertz CT molecular complexity index is 1860. The van der Waals surface area contributed by atoms with E-state index in [1.54, 1.807) is 70.7 Å². The van der Waals surface area contributed by atoms with Crippen LogP contribution in [0.3, 0.4) is 0 Å². The predicted molar refractivity (Wildman–Crippen MR) is 279 cm³/mol. The van der Waals surface area contributed by atoms with Crippen molar-refractivity contribution in [1.82, 2.24) is 25.3 Å². The minimum Gasteiger partial charge on any atom is -0.480 e. The van der Waals surface area contributed by atoms with Crippen molar-refractivity contribution >= 4 is 36.0 Å². The Morgan fingerprint density at radius 3 is 1.32 bits per heavy atom. The van der Waals surface area contributed by atoms with Crippen LogP contribution in [-0.4, -0.2) is 131 Å². The Hall–Kier alpha value is -5.22. The standard InChI is InChI=1S/C22H32N2O5.C17H23NO6.C12H23N.C5H11N/c1-22(2,3)29-19(25)15-18(20(26)24-13-9-6-10-14-24)23(4)21(27)28-16-17-11-7-5-8-12-17;1-17(2,3)24-14(19)10-13(15(20)21)18(4)16(22)23-11-12-8-6-5-7-9-12;1-3-7-11(8-4-1)13-12-9-5-2-6-10-12;1-2-4-6-5-3-1/h5,7-8,11-12,18H,6,9-10,13-16H2,1-4H3;5-9,13H,10-11H2,1-4H3,(H,20,21);11-13H,1-10H2;6H,1-5H2/t18-;13-;;/m00../s1. The highest BCUT2D eigenvalue weighted by molar-refractivity contribution is 5.90. The summed E-state index contributed by atoms with van der Waals surface area (Å²) in [6, 6.07) is 17.7. The number of benzene rings is 2. The molecule has 0 unspecified atom stereocenters. The van der Waals surface area contributed by atoms with E-state index in [1.165, 1.54) is 116 Å². The number of nitrogens with one attached hydrogen (secondary N) is 2. The highest BCUT2D eigenvalue weighted by Gasteiger charge is 2.36. The Morgan fingerprint density at radius 1 is 0.583 bits per heavy atom. The van der Waals surface area contributed by atoms with Gasteiger partial charge in [-0.1, -0.05) is 106 Å². The lowest BCUT2D eigenvalue weighted by atomic mass is 9.91. The van der Waals surface area contributed by atoms with E-state index in [2.05, 4.69) is 10.6 Å². The minimum absolute atomic E-state index is 0.0167. The third-order valence-corrected chi connectivity index (χ3v) is 12.6. The fraction of sp³-hybridized carbons (Fsp3) is 0.679. The first-order valence-electron chi connectivity index (χ1n) is 26.5. The molecule has 0 aromatic heterocycles. The van der Waals surface area contributed by atoms with E-state index in [9.17, 15) is 33.9 Å². The van der Waals surface area contributed by atoms with E-state index in [0.29, 0.717) is 13.1 Å². The number of amides is 3. The average Bonchev–Trinajstić information content (AvgIpc) is 3.36. The summed E-state index contributed by atoms with van der Waals surface area (Å²) >= 11 is 0. The summed E-state index contributed by atoms with van der Waals surface area (Å²) in [6.45, 7) is 14.2. The number of carbonyl (C=O) groups is 6. The molecule has 4 fully saturated rings. The van der Waals surface area contributed by atoms with Crippen LogP contribution >= 0.6 is 0 Å². The number of carboxylic acid groups (broad SMARTS) is 1. The molecule has 2 aliphatic carbocycles. The lowest BCUT2D eigenvalue weighted by Gasteiger charge is -2.34. The molecule has 4 aliphatic rings. The molecule has 2 aromatic rings. The van der Waals surface area contributed by atoms with Crippen molar-refractivity contribution in [2.75, 3.05) is 40.3 Å². The van der Waals surface area contributed by atoms with Crippen LogP contribution in [0, 0.1) is 0 Å². The maximum atomic E-state index is 13.1. The number of esters is 2. The van der Waals surface area contributed by atoms with Gasteiger partial charge in [0.1, 0.15) is 36.5 Å². The van der Waals surface area contributed by atoms with Gasteiger partial charge in [-0.25, -0.2) is 14.4 Å². The van der Waals surface area contributed by atoms with Gasteiger partial charge in [0.25, 0.3) is 0 Å². The molecule has 2 saturated heterocycles. The molecule has 2 heterocycles. The summed E-state index contributed by atoms with van der Waals surface area (Å²) in [5.41, 5.74) is 0.230. The lowest BCUT2D eigenvalue weighted by molar-refractivity contribution is -0.160. The van der Waals surface area contributed by atoms with Gasteiger partial charge < -0.3 is 39.6 Å². The van der Waals surface area contributed by atoms with Gasteiger partial charge in [0.05, 0.1) is 12.8 Å². The number of hydrogen-bond donors (Lipinski definition) is 3. The monoisotopic (exact) mass is 1010 g/mol. The summed E-state index contributed by atoms with van der Waals surface area (Å²) < 4.78 is 20.9. The van der Waals surface area contributed by atoms with Crippen LogP contribution in [0.2, 0.25) is 0 Å². The van der Waals surface area contributed by atoms with Crippen molar-refractivity contribution in [2.45, 2.75) is 206 Å². The molecule has 2 saturated carbocycles. The van der Waals surface area contributed by atoms with E-state index >= 15 is 0 Å². The number of rotatable bonds is 14. The van der Waals surface area contributed by atoms with E-state index in [4.69, 9.17) is 18.9 Å². The Labute approximate surface area is 430 Å². The topological polar surface area (TPSA) is 193 Å². The highest BCUT2D eigenvalue weighted by Crippen LogP contribution is 2.23. The molecule has 16 nitrogen and oxygen atoms in total. The second kappa shape index (κ2) is 32.8. The van der Waals surface area contributed by atoms with Crippen LogP contribution in [0.4, 0.5) is 9.59 Å². The van der Waals surface area contributed by atoms with Crippen molar-refractivity contribution in [3.05, 3.63) is 71.8 Å². The van der Waals surface area contributed by atoms with Crippen molar-refractivity contribution in [3.63, 3.8) is 0 Å². The maximum Gasteiger partial charge on any atom is 0.410 e. The molecular weight excluding hydrogens is 919 g/mol. The number of ether oxygens (including phenoxy) is 4. The van der Waals surface area contributed by atoms with Gasteiger partial charge in [-0.2, -0.15) is 0 Å². The zero-order valence-corrected chi connectivity index (χ0v) is 44.9. The molecule has 2 aromatic carbocycles. The first-order valence-corrected chi connectivity index (χ1v) is 26.5. The molecule has 404 valence electrons. The van der Waals surface area contributed by atoms with E-state index in [0.717, 1.165) is 47.4 Å². The van der Waals surface area contributed by atoms with Gasteiger partial charge in [0.15, 0.2) is 0 Å². The van der Waals surface area contributed by atoms with Crippen molar-refractivity contribution in [2.24, 2.45) is 0 Å². The first kappa shape index (κ1) is 61.1. The highest BCUT2D eigenvalue weighted by atomic mass is 16.6. The molecule has 2 atom stereocenters. The largest absolute Gasteiger partial charge is 0.480 e. The van der Waals surface area contributed by atoms with Crippen LogP contribution in [0.15, 0.2) is 60.7 Å². The molecule has 2 aliphatic heterocycles. The summed E-state index contributed by atoms with van der Waals surface area (Å²) in [5, 5.41) is 16.4. The fourth-order valence-corrected chi connectivity index (χ4v) is 8.76. The minimum atomic E-state index is -1.36. The van der Waals surface area contributed by atoms with Gasteiger partial charge in [-0.05, 0) is 124 Å². The third-order valence-electron chi connectivity index (χ3n) is 12.6. The van der Waals surface area contributed by atoms with Gasteiger partial charge in [0.2, 0.25) is 5.91 Å².